The Morgan fingerprint density at radius 1 is 1.32 bits per heavy atom. The zero-order chi connectivity index (χ0) is 20.9. The van der Waals surface area contributed by atoms with Crippen molar-refractivity contribution in [1.82, 2.24) is 4.90 Å². The SMILES string of the molecule is CC(C)(C)OC(=O)N(COCC[Si](C)(C)C)C[C@@H]1OCCc2c(Br)cccc21. The van der Waals surface area contributed by atoms with Crippen molar-refractivity contribution in [3.05, 3.63) is 33.8 Å². The van der Waals surface area contributed by atoms with Crippen LogP contribution in [0.2, 0.25) is 25.7 Å². The molecular weight excluding hydrogens is 438 g/mol. The molecule has 1 amide bonds. The Morgan fingerprint density at radius 2 is 2.04 bits per heavy atom. The van der Waals surface area contributed by atoms with Crippen molar-refractivity contribution in [2.24, 2.45) is 0 Å². The number of carbonyl (C=O) groups is 1. The number of fused-ring (bicyclic) bond motifs is 1. The molecule has 28 heavy (non-hydrogen) atoms. The Balaban J connectivity index is 2.09. The highest BCUT2D eigenvalue weighted by Crippen LogP contribution is 2.32. The maximum absolute atomic E-state index is 12.8. The zero-order valence-electron chi connectivity index (χ0n) is 18.0. The second kappa shape index (κ2) is 9.74. The van der Waals surface area contributed by atoms with Crippen LogP contribution >= 0.6 is 15.9 Å². The fourth-order valence-electron chi connectivity index (χ4n) is 2.94. The first kappa shape index (κ1) is 23.4. The van der Waals surface area contributed by atoms with Crippen LogP contribution in [0.3, 0.4) is 0 Å². The molecule has 0 N–H and O–H groups in total. The molecule has 1 heterocycles. The molecule has 0 saturated heterocycles. The van der Waals surface area contributed by atoms with E-state index < -0.39 is 13.7 Å². The van der Waals surface area contributed by atoms with Crippen LogP contribution < -0.4 is 0 Å². The van der Waals surface area contributed by atoms with Gasteiger partial charge >= 0.3 is 6.09 Å². The standard InChI is InChI=1S/C21H34BrNO4Si/c1-21(2,3)27-20(24)23(15-25-12-13-28(4,5)6)14-19-17-8-7-9-18(22)16(17)10-11-26-19/h7-9,19H,10-15H2,1-6H3/t19-/m0/s1. The average Bonchev–Trinajstić information content (AvgIpc) is 2.56. The van der Waals surface area contributed by atoms with Gasteiger partial charge in [0, 0.05) is 19.2 Å². The lowest BCUT2D eigenvalue weighted by atomic mass is 9.97. The van der Waals surface area contributed by atoms with Crippen LogP contribution in [0.5, 0.6) is 0 Å². The van der Waals surface area contributed by atoms with Crippen molar-refractivity contribution >= 4 is 30.1 Å². The summed E-state index contributed by atoms with van der Waals surface area (Å²) in [7, 11) is -1.18. The predicted molar refractivity (Wildman–Crippen MR) is 118 cm³/mol. The van der Waals surface area contributed by atoms with Gasteiger partial charge in [-0.3, -0.25) is 4.90 Å². The van der Waals surface area contributed by atoms with Crippen LogP contribution in [0.15, 0.2) is 22.7 Å². The fraction of sp³-hybridized carbons (Fsp3) is 0.667. The lowest BCUT2D eigenvalue weighted by Gasteiger charge is -2.33. The van der Waals surface area contributed by atoms with Gasteiger partial charge in [0.05, 0.1) is 13.2 Å². The molecule has 1 atom stereocenters. The topological polar surface area (TPSA) is 48.0 Å². The molecule has 1 aliphatic rings. The molecule has 0 aliphatic carbocycles. The van der Waals surface area contributed by atoms with E-state index in [1.54, 1.807) is 4.90 Å². The third-order valence-electron chi connectivity index (χ3n) is 4.45. The molecule has 0 saturated carbocycles. The van der Waals surface area contributed by atoms with Gasteiger partial charge in [0.1, 0.15) is 18.4 Å². The van der Waals surface area contributed by atoms with E-state index in [2.05, 4.69) is 41.6 Å². The molecule has 2 rings (SSSR count). The van der Waals surface area contributed by atoms with E-state index in [4.69, 9.17) is 14.2 Å². The van der Waals surface area contributed by atoms with E-state index >= 15 is 0 Å². The number of ether oxygens (including phenoxy) is 3. The highest BCUT2D eigenvalue weighted by molar-refractivity contribution is 9.10. The summed E-state index contributed by atoms with van der Waals surface area (Å²) in [6, 6.07) is 7.19. The minimum absolute atomic E-state index is 0.186. The Hall–Kier alpha value is -0.893. The van der Waals surface area contributed by atoms with E-state index in [1.165, 1.54) is 5.56 Å². The number of carbonyl (C=O) groups excluding carboxylic acids is 1. The second-order valence-corrected chi connectivity index (χ2v) is 15.9. The summed E-state index contributed by atoms with van der Waals surface area (Å²) >= 11 is 3.63. The molecule has 0 unspecified atom stereocenters. The van der Waals surface area contributed by atoms with Gasteiger partial charge in [-0.2, -0.15) is 0 Å². The summed E-state index contributed by atoms with van der Waals surface area (Å²) in [5.41, 5.74) is 1.82. The van der Waals surface area contributed by atoms with Crippen LogP contribution in [0.25, 0.3) is 0 Å². The van der Waals surface area contributed by atoms with Gasteiger partial charge in [-0.05, 0) is 50.4 Å². The van der Waals surface area contributed by atoms with Gasteiger partial charge in [-0.15, -0.1) is 0 Å². The number of rotatable bonds is 7. The summed E-state index contributed by atoms with van der Waals surface area (Å²) in [6.45, 7) is 14.5. The first-order valence-electron chi connectivity index (χ1n) is 9.91. The summed E-state index contributed by atoms with van der Waals surface area (Å²) in [6.07, 6.45) is 0.312. The summed E-state index contributed by atoms with van der Waals surface area (Å²) in [5, 5.41) is 0. The Morgan fingerprint density at radius 3 is 2.68 bits per heavy atom. The highest BCUT2D eigenvalue weighted by Gasteiger charge is 2.29. The molecule has 1 aromatic rings. The van der Waals surface area contributed by atoms with E-state index in [0.717, 1.165) is 22.5 Å². The third-order valence-corrected chi connectivity index (χ3v) is 6.90. The molecule has 0 aromatic heterocycles. The average molecular weight is 472 g/mol. The minimum Gasteiger partial charge on any atom is -0.444 e. The second-order valence-electron chi connectivity index (χ2n) is 9.47. The number of benzene rings is 1. The summed E-state index contributed by atoms with van der Waals surface area (Å²) < 4.78 is 18.6. The van der Waals surface area contributed by atoms with Crippen molar-refractivity contribution in [2.45, 2.75) is 64.6 Å². The number of hydrogen-bond acceptors (Lipinski definition) is 4. The van der Waals surface area contributed by atoms with Gasteiger partial charge < -0.3 is 14.2 Å². The van der Waals surface area contributed by atoms with Crippen LogP contribution in [-0.4, -0.2) is 51.2 Å². The van der Waals surface area contributed by atoms with Crippen LogP contribution in [0, 0.1) is 0 Å². The molecule has 0 bridgehead atoms. The van der Waals surface area contributed by atoms with Crippen LogP contribution in [-0.2, 0) is 20.6 Å². The number of nitrogens with zero attached hydrogens (tertiary/aromatic N) is 1. The van der Waals surface area contributed by atoms with Crippen molar-refractivity contribution in [2.75, 3.05) is 26.5 Å². The molecule has 7 heteroatoms. The molecule has 0 fully saturated rings. The molecule has 0 radical (unpaired) electrons. The maximum Gasteiger partial charge on any atom is 0.412 e. The Kier molecular flexibility index (Phi) is 8.13. The van der Waals surface area contributed by atoms with Crippen LogP contribution in [0.1, 0.15) is 38.0 Å². The Bertz CT molecular complexity index is 669. The molecule has 158 valence electrons. The third kappa shape index (κ3) is 7.50. The predicted octanol–water partition coefficient (Wildman–Crippen LogP) is 5.61. The molecular formula is C21H34BrNO4Si. The van der Waals surface area contributed by atoms with Gasteiger partial charge in [0.15, 0.2) is 0 Å². The minimum atomic E-state index is -1.18. The first-order valence-corrected chi connectivity index (χ1v) is 14.4. The molecule has 1 aromatic carbocycles. The molecule has 0 spiro atoms. The number of amides is 1. The largest absolute Gasteiger partial charge is 0.444 e. The van der Waals surface area contributed by atoms with E-state index in [-0.39, 0.29) is 18.9 Å². The quantitative estimate of drug-likeness (QED) is 0.294. The highest BCUT2D eigenvalue weighted by atomic mass is 79.9. The summed E-state index contributed by atoms with van der Waals surface area (Å²) in [5.74, 6) is 0. The van der Waals surface area contributed by atoms with Gasteiger partial charge in [-0.1, -0.05) is 47.7 Å². The van der Waals surface area contributed by atoms with Gasteiger partial charge in [0.25, 0.3) is 0 Å². The fourth-order valence-corrected chi connectivity index (χ4v) is 4.28. The molecule has 5 nitrogen and oxygen atoms in total. The number of hydrogen-bond donors (Lipinski definition) is 0. The summed E-state index contributed by atoms with van der Waals surface area (Å²) in [4.78, 5) is 14.4. The van der Waals surface area contributed by atoms with E-state index in [1.807, 2.05) is 32.9 Å². The lowest BCUT2D eigenvalue weighted by molar-refractivity contribution is -0.0406. The van der Waals surface area contributed by atoms with Crippen molar-refractivity contribution in [3.8, 4) is 0 Å². The van der Waals surface area contributed by atoms with Crippen molar-refractivity contribution in [1.29, 1.82) is 0 Å². The van der Waals surface area contributed by atoms with Crippen molar-refractivity contribution < 1.29 is 19.0 Å². The van der Waals surface area contributed by atoms with Gasteiger partial charge in [0.2, 0.25) is 0 Å². The molecule has 1 aliphatic heterocycles. The Labute approximate surface area is 178 Å². The zero-order valence-corrected chi connectivity index (χ0v) is 20.6. The van der Waals surface area contributed by atoms with E-state index in [0.29, 0.717) is 19.8 Å². The normalized spacial score (nSPS) is 17.2. The lowest BCUT2D eigenvalue weighted by Crippen LogP contribution is -2.42. The maximum atomic E-state index is 12.8. The van der Waals surface area contributed by atoms with Crippen molar-refractivity contribution in [3.63, 3.8) is 0 Å². The van der Waals surface area contributed by atoms with Crippen LogP contribution in [0.4, 0.5) is 4.79 Å². The first-order chi connectivity index (χ1) is 13.0. The van der Waals surface area contributed by atoms with E-state index in [9.17, 15) is 4.79 Å². The smallest absolute Gasteiger partial charge is 0.412 e. The van der Waals surface area contributed by atoms with Gasteiger partial charge in [-0.25, -0.2) is 4.79 Å². The number of halogens is 1. The monoisotopic (exact) mass is 471 g/mol.